The number of ether oxygens (including phenoxy) is 1. The number of hydrogen-bond acceptors (Lipinski definition) is 2. The third-order valence-corrected chi connectivity index (χ3v) is 0.878. The van der Waals surface area contributed by atoms with Crippen molar-refractivity contribution < 1.29 is 12.7 Å². The summed E-state index contributed by atoms with van der Waals surface area (Å²) >= 11 is 0. The molecule has 0 amide bonds. The van der Waals surface area contributed by atoms with Gasteiger partial charge in [-0.1, -0.05) is 13.3 Å². The zero-order chi connectivity index (χ0) is 6.24. The number of aliphatic hydroxyl groups excluding tert-OH is 1. The molecule has 0 saturated heterocycles. The molecular weight excluding hydrogens is 241 g/mol. The van der Waals surface area contributed by atoms with Crippen LogP contribution in [0.4, 0.5) is 0 Å². The number of aliphatic hydroxyl groups is 1. The van der Waals surface area contributed by atoms with Crippen molar-refractivity contribution >= 4 is 48.9 Å². The van der Waals surface area contributed by atoms with Gasteiger partial charge in [0.05, 0.1) is 13.2 Å². The molecule has 0 aromatic carbocycles. The maximum absolute atomic E-state index is 8.24. The molecule has 0 radical (unpaired) electrons. The second-order valence-electron chi connectivity index (χ2n) is 1.69. The molecule has 0 aliphatic carbocycles. The summed E-state index contributed by atoms with van der Waals surface area (Å²) < 4.78 is 4.97. The Balaban J connectivity index is -0.0000000817. The first-order chi connectivity index (χ1) is 3.91. The van der Waals surface area contributed by atoms with Gasteiger partial charge in [0.15, 0.2) is 0 Å². The first kappa shape index (κ1) is 13.1. The third kappa shape index (κ3) is 12.6. The van der Waals surface area contributed by atoms with Crippen molar-refractivity contribution in [1.29, 1.82) is 0 Å². The molecule has 0 fully saturated rings. The Hall–Kier alpha value is 1.49. The minimum atomic E-state index is 0. The third-order valence-electron chi connectivity index (χ3n) is 0.878. The van der Waals surface area contributed by atoms with Crippen LogP contribution >= 0.6 is 0 Å². The summed E-state index contributed by atoms with van der Waals surface area (Å²) in [6, 6.07) is 0. The van der Waals surface area contributed by atoms with E-state index in [2.05, 4.69) is 6.92 Å². The van der Waals surface area contributed by atoms with Crippen LogP contribution in [0.2, 0.25) is 0 Å². The fraction of sp³-hybridized carbons (Fsp3) is 1.00. The summed E-state index contributed by atoms with van der Waals surface area (Å²) in [4.78, 5) is 0. The van der Waals surface area contributed by atoms with Crippen LogP contribution in [0.5, 0.6) is 0 Å². The molecule has 0 aromatic rings. The van der Waals surface area contributed by atoms with E-state index < -0.39 is 0 Å². The molecule has 0 aliphatic rings. The Kier molecular flexibility index (Phi) is 17.8. The fourth-order valence-corrected chi connectivity index (χ4v) is 0.413. The average molecular weight is 258 g/mol. The standard InChI is InChI=1S/C6H14O2.Ba.2H/c1-2-3-5-8-6-4-7;;;/h7H,2-6H2,1H3;;;/q;+2;2*-1. The molecule has 2 nitrogen and oxygen atoms in total. The maximum atomic E-state index is 8.24. The van der Waals surface area contributed by atoms with Gasteiger partial charge in [0, 0.05) is 6.61 Å². The zero-order valence-corrected chi connectivity index (χ0v) is 10.5. The second-order valence-corrected chi connectivity index (χ2v) is 1.69. The van der Waals surface area contributed by atoms with Crippen LogP contribution in [-0.4, -0.2) is 73.8 Å². The van der Waals surface area contributed by atoms with Gasteiger partial charge in [0.2, 0.25) is 0 Å². The molecule has 1 N–H and O–H groups in total. The van der Waals surface area contributed by atoms with Gasteiger partial charge in [-0.05, 0) is 6.42 Å². The van der Waals surface area contributed by atoms with E-state index in [1.807, 2.05) is 0 Å². The van der Waals surface area contributed by atoms with Crippen LogP contribution in [0.15, 0.2) is 0 Å². The normalized spacial score (nSPS) is 8.67. The maximum Gasteiger partial charge on any atom is 2.00 e. The minimum Gasteiger partial charge on any atom is -1.00 e. The van der Waals surface area contributed by atoms with Crippen LogP contribution in [0.3, 0.4) is 0 Å². The van der Waals surface area contributed by atoms with E-state index in [0.29, 0.717) is 6.61 Å². The Morgan fingerprint density at radius 1 is 1.44 bits per heavy atom. The minimum absolute atomic E-state index is 0. The number of unbranched alkanes of at least 4 members (excludes halogenated alkanes) is 1. The second kappa shape index (κ2) is 12.2. The van der Waals surface area contributed by atoms with Crippen molar-refractivity contribution in [1.82, 2.24) is 0 Å². The van der Waals surface area contributed by atoms with E-state index >= 15 is 0 Å². The molecule has 3 heteroatoms. The van der Waals surface area contributed by atoms with Gasteiger partial charge in [-0.3, -0.25) is 0 Å². The molecule has 54 valence electrons. The van der Waals surface area contributed by atoms with Gasteiger partial charge >= 0.3 is 48.9 Å². The van der Waals surface area contributed by atoms with E-state index in [1.54, 1.807) is 0 Å². The van der Waals surface area contributed by atoms with E-state index in [1.165, 1.54) is 0 Å². The zero-order valence-electron chi connectivity index (χ0n) is 8.10. The Morgan fingerprint density at radius 3 is 2.56 bits per heavy atom. The summed E-state index contributed by atoms with van der Waals surface area (Å²) in [5.41, 5.74) is 0. The van der Waals surface area contributed by atoms with Crippen LogP contribution in [0.1, 0.15) is 22.6 Å². The van der Waals surface area contributed by atoms with Crippen molar-refractivity contribution in [3.8, 4) is 0 Å². The molecule has 0 heterocycles. The monoisotopic (exact) mass is 258 g/mol. The summed E-state index contributed by atoms with van der Waals surface area (Å²) in [5.74, 6) is 0. The van der Waals surface area contributed by atoms with E-state index in [9.17, 15) is 0 Å². The van der Waals surface area contributed by atoms with Crippen molar-refractivity contribution in [2.75, 3.05) is 19.8 Å². The number of hydrogen-bond donors (Lipinski definition) is 1. The Morgan fingerprint density at radius 2 is 2.11 bits per heavy atom. The Labute approximate surface area is 100 Å². The van der Waals surface area contributed by atoms with E-state index in [-0.39, 0.29) is 58.3 Å². The van der Waals surface area contributed by atoms with Crippen LogP contribution < -0.4 is 0 Å². The van der Waals surface area contributed by atoms with Gasteiger partial charge in [0.1, 0.15) is 0 Å². The fourth-order valence-electron chi connectivity index (χ4n) is 0.413. The van der Waals surface area contributed by atoms with Crippen molar-refractivity contribution in [3.63, 3.8) is 0 Å². The summed E-state index contributed by atoms with van der Waals surface area (Å²) in [6.45, 7) is 3.53. The molecule has 0 saturated carbocycles. The van der Waals surface area contributed by atoms with Gasteiger partial charge in [-0.25, -0.2) is 0 Å². The summed E-state index contributed by atoms with van der Waals surface area (Å²) in [6.07, 6.45) is 2.26. The molecule has 0 atom stereocenters. The molecule has 0 bridgehead atoms. The van der Waals surface area contributed by atoms with Gasteiger partial charge in [0.25, 0.3) is 0 Å². The van der Waals surface area contributed by atoms with Crippen molar-refractivity contribution in [2.24, 2.45) is 0 Å². The van der Waals surface area contributed by atoms with Gasteiger partial charge in [-0.15, -0.1) is 0 Å². The van der Waals surface area contributed by atoms with Crippen molar-refractivity contribution in [2.45, 2.75) is 19.8 Å². The average Bonchev–Trinajstić information content (AvgIpc) is 1.81. The smallest absolute Gasteiger partial charge is 1.00 e. The molecule has 0 spiro atoms. The predicted octanol–water partition coefficient (Wildman–Crippen LogP) is 0.640. The van der Waals surface area contributed by atoms with Crippen LogP contribution in [0.25, 0.3) is 0 Å². The summed E-state index contributed by atoms with van der Waals surface area (Å²) in [7, 11) is 0. The first-order valence-electron chi connectivity index (χ1n) is 3.10. The Bertz CT molecular complexity index is 43.6. The topological polar surface area (TPSA) is 29.5 Å². The first-order valence-corrected chi connectivity index (χ1v) is 3.10. The molecule has 0 rings (SSSR count). The van der Waals surface area contributed by atoms with E-state index in [4.69, 9.17) is 9.84 Å². The molecular formula is C6H16BaO2. The van der Waals surface area contributed by atoms with E-state index in [0.717, 1.165) is 19.4 Å². The molecule has 0 aromatic heterocycles. The molecule has 0 aliphatic heterocycles. The van der Waals surface area contributed by atoms with Crippen LogP contribution in [-0.2, 0) is 4.74 Å². The molecule has 0 unspecified atom stereocenters. The largest absolute Gasteiger partial charge is 2.00 e. The summed E-state index contributed by atoms with van der Waals surface area (Å²) in [5, 5.41) is 8.24. The quantitative estimate of drug-likeness (QED) is 0.579. The predicted molar refractivity (Wildman–Crippen MR) is 40.8 cm³/mol. The van der Waals surface area contributed by atoms with Crippen LogP contribution in [0, 0.1) is 0 Å². The SMILES string of the molecule is CCCCOCCO.[Ba+2].[H-].[H-]. The number of rotatable bonds is 5. The molecule has 9 heavy (non-hydrogen) atoms. The van der Waals surface area contributed by atoms with Gasteiger partial charge in [-0.2, -0.15) is 0 Å². The van der Waals surface area contributed by atoms with Gasteiger partial charge < -0.3 is 12.7 Å². The van der Waals surface area contributed by atoms with Crippen molar-refractivity contribution in [3.05, 3.63) is 0 Å².